The lowest BCUT2D eigenvalue weighted by molar-refractivity contribution is -0.137. The van der Waals surface area contributed by atoms with Crippen molar-refractivity contribution in [2.75, 3.05) is 5.32 Å². The number of fused-ring (bicyclic) bond motifs is 3. The van der Waals surface area contributed by atoms with Crippen molar-refractivity contribution >= 4 is 45.1 Å². The van der Waals surface area contributed by atoms with Crippen LogP contribution in [-0.2, 0) is 6.18 Å². The zero-order valence-electron chi connectivity index (χ0n) is 18.0. The van der Waals surface area contributed by atoms with Crippen molar-refractivity contribution in [1.82, 2.24) is 15.0 Å². The van der Waals surface area contributed by atoms with Crippen LogP contribution in [0.25, 0.3) is 33.1 Å². The molecule has 1 amide bonds. The first kappa shape index (κ1) is 22.8. The number of hydrogen-bond donors (Lipinski definition) is 2. The molecule has 0 aliphatic rings. The third-order valence-electron chi connectivity index (χ3n) is 5.68. The first-order valence-electron chi connectivity index (χ1n) is 10.3. The SMILES string of the molecule is Cc1ccc(NC(=O)c2cc(C(F)(F)F)cc(Cl)c2F)cc1-c1ccc2c(c1)[nH]c1ncncc12. The van der Waals surface area contributed by atoms with Gasteiger partial charge in [-0.3, -0.25) is 4.79 Å². The van der Waals surface area contributed by atoms with Crippen LogP contribution >= 0.6 is 11.6 Å². The fourth-order valence-electron chi connectivity index (χ4n) is 3.93. The Morgan fingerprint density at radius 3 is 2.63 bits per heavy atom. The molecule has 0 saturated carbocycles. The van der Waals surface area contributed by atoms with Gasteiger partial charge in [0.2, 0.25) is 0 Å². The number of nitrogens with zero attached hydrogens (tertiary/aromatic N) is 2. The molecule has 2 heterocycles. The van der Waals surface area contributed by atoms with E-state index in [0.717, 1.165) is 33.0 Å². The normalized spacial score (nSPS) is 11.8. The van der Waals surface area contributed by atoms with Crippen LogP contribution < -0.4 is 5.32 Å². The zero-order chi connectivity index (χ0) is 24.9. The molecule has 0 aliphatic heterocycles. The van der Waals surface area contributed by atoms with Gasteiger partial charge in [-0.05, 0) is 53.9 Å². The third-order valence-corrected chi connectivity index (χ3v) is 5.96. The summed E-state index contributed by atoms with van der Waals surface area (Å²) in [6.07, 6.45) is -1.60. The molecule has 5 aromatic rings. The standard InChI is InChI=1S/C25H15ClF4N4O/c1-12-2-4-15(33-24(35)18-7-14(25(28,29)30)8-20(26)22(18)27)9-17(12)13-3-5-16-19-10-31-11-32-23(19)34-21(16)6-13/h2-11H,1H3,(H,33,35)(H,31,32,34). The average molecular weight is 499 g/mol. The highest BCUT2D eigenvalue weighted by Crippen LogP contribution is 2.35. The Labute approximate surface area is 200 Å². The predicted octanol–water partition coefficient (Wildman–Crippen LogP) is 7.15. The maximum absolute atomic E-state index is 14.4. The lowest BCUT2D eigenvalue weighted by atomic mass is 9.98. The monoisotopic (exact) mass is 498 g/mol. The number of alkyl halides is 3. The van der Waals surface area contributed by atoms with Crippen molar-refractivity contribution in [3.05, 3.63) is 88.6 Å². The van der Waals surface area contributed by atoms with Gasteiger partial charge in [0.1, 0.15) is 12.0 Å². The summed E-state index contributed by atoms with van der Waals surface area (Å²) in [7, 11) is 0. The highest BCUT2D eigenvalue weighted by molar-refractivity contribution is 6.31. The van der Waals surface area contributed by atoms with Gasteiger partial charge in [0.05, 0.1) is 16.1 Å². The van der Waals surface area contributed by atoms with E-state index in [1.54, 1.807) is 24.4 Å². The number of aromatic nitrogens is 3. The highest BCUT2D eigenvalue weighted by Gasteiger charge is 2.33. The van der Waals surface area contributed by atoms with Gasteiger partial charge in [0.25, 0.3) is 5.91 Å². The summed E-state index contributed by atoms with van der Waals surface area (Å²) >= 11 is 5.61. The smallest absolute Gasteiger partial charge is 0.339 e. The van der Waals surface area contributed by atoms with Gasteiger partial charge in [0.15, 0.2) is 5.82 Å². The van der Waals surface area contributed by atoms with Gasteiger partial charge in [-0.25, -0.2) is 14.4 Å². The van der Waals surface area contributed by atoms with E-state index in [1.807, 2.05) is 25.1 Å². The summed E-state index contributed by atoms with van der Waals surface area (Å²) in [5.74, 6) is -2.27. The number of halogens is 5. The molecule has 3 aromatic carbocycles. The molecule has 176 valence electrons. The third kappa shape index (κ3) is 4.19. The minimum Gasteiger partial charge on any atom is -0.339 e. The van der Waals surface area contributed by atoms with Crippen molar-refractivity contribution in [2.24, 2.45) is 0 Å². The number of carbonyl (C=O) groups excluding carboxylic acids is 1. The number of nitrogens with one attached hydrogen (secondary N) is 2. The number of amides is 1. The van der Waals surface area contributed by atoms with Gasteiger partial charge < -0.3 is 10.3 Å². The summed E-state index contributed by atoms with van der Waals surface area (Å²) in [5.41, 5.74) is 2.32. The van der Waals surface area contributed by atoms with Crippen LogP contribution in [0.1, 0.15) is 21.5 Å². The highest BCUT2D eigenvalue weighted by atomic mass is 35.5. The van der Waals surface area contributed by atoms with Crippen molar-refractivity contribution in [3.8, 4) is 11.1 Å². The second-order valence-electron chi connectivity index (χ2n) is 7.97. The Balaban J connectivity index is 1.50. The lowest BCUT2D eigenvalue weighted by Crippen LogP contribution is -2.16. The van der Waals surface area contributed by atoms with Gasteiger partial charge in [-0.1, -0.05) is 29.8 Å². The summed E-state index contributed by atoms with van der Waals surface area (Å²) in [4.78, 5) is 24.2. The van der Waals surface area contributed by atoms with Crippen LogP contribution in [0, 0.1) is 12.7 Å². The Hall–Kier alpha value is -3.98. The fourth-order valence-corrected chi connectivity index (χ4v) is 4.15. The topological polar surface area (TPSA) is 70.7 Å². The van der Waals surface area contributed by atoms with E-state index in [9.17, 15) is 22.4 Å². The van der Waals surface area contributed by atoms with Gasteiger partial charge in [-0.15, -0.1) is 0 Å². The maximum Gasteiger partial charge on any atom is 0.416 e. The molecule has 0 unspecified atom stereocenters. The molecule has 5 nitrogen and oxygen atoms in total. The van der Waals surface area contributed by atoms with Crippen LogP contribution in [0.4, 0.5) is 23.2 Å². The average Bonchev–Trinajstić information content (AvgIpc) is 3.19. The van der Waals surface area contributed by atoms with Gasteiger partial charge in [0, 0.05) is 28.2 Å². The van der Waals surface area contributed by atoms with E-state index in [2.05, 4.69) is 20.3 Å². The number of aryl methyl sites for hydroxylation is 1. The molecule has 2 N–H and O–H groups in total. The van der Waals surface area contributed by atoms with Crippen LogP contribution in [0.3, 0.4) is 0 Å². The van der Waals surface area contributed by atoms with E-state index >= 15 is 0 Å². The predicted molar refractivity (Wildman–Crippen MR) is 126 cm³/mol. The van der Waals surface area contributed by atoms with Crippen molar-refractivity contribution < 1.29 is 22.4 Å². The summed E-state index contributed by atoms with van der Waals surface area (Å²) in [6, 6.07) is 11.7. The number of H-pyrrole nitrogens is 1. The maximum atomic E-state index is 14.4. The van der Waals surface area contributed by atoms with Crippen molar-refractivity contribution in [3.63, 3.8) is 0 Å². The lowest BCUT2D eigenvalue weighted by Gasteiger charge is -2.13. The zero-order valence-corrected chi connectivity index (χ0v) is 18.7. The largest absolute Gasteiger partial charge is 0.416 e. The fraction of sp³-hybridized carbons (Fsp3) is 0.0800. The molecule has 0 atom stereocenters. The summed E-state index contributed by atoms with van der Waals surface area (Å²) < 4.78 is 53.7. The molecule has 35 heavy (non-hydrogen) atoms. The molecule has 0 fully saturated rings. The van der Waals surface area contributed by atoms with E-state index in [4.69, 9.17) is 11.6 Å². The molecule has 5 rings (SSSR count). The number of benzene rings is 3. The van der Waals surface area contributed by atoms with E-state index < -0.39 is 34.1 Å². The van der Waals surface area contributed by atoms with E-state index in [0.29, 0.717) is 17.8 Å². The first-order chi connectivity index (χ1) is 16.6. The molecule has 0 saturated heterocycles. The van der Waals surface area contributed by atoms with Gasteiger partial charge in [-0.2, -0.15) is 13.2 Å². The minimum atomic E-state index is -4.78. The quantitative estimate of drug-likeness (QED) is 0.259. The Morgan fingerprint density at radius 2 is 1.86 bits per heavy atom. The van der Waals surface area contributed by atoms with E-state index in [-0.39, 0.29) is 5.69 Å². The summed E-state index contributed by atoms with van der Waals surface area (Å²) in [6.45, 7) is 1.88. The number of anilines is 1. The van der Waals surface area contributed by atoms with Gasteiger partial charge >= 0.3 is 6.18 Å². The number of carbonyl (C=O) groups is 1. The van der Waals surface area contributed by atoms with E-state index in [1.165, 1.54) is 6.33 Å². The molecule has 10 heteroatoms. The second kappa shape index (κ2) is 8.35. The van der Waals surface area contributed by atoms with Crippen LogP contribution in [-0.4, -0.2) is 20.9 Å². The molecule has 0 spiro atoms. The molecular weight excluding hydrogens is 484 g/mol. The molecule has 0 bridgehead atoms. The first-order valence-corrected chi connectivity index (χ1v) is 10.7. The Bertz CT molecular complexity index is 1630. The number of hydrogen-bond acceptors (Lipinski definition) is 3. The van der Waals surface area contributed by atoms with Crippen LogP contribution in [0.2, 0.25) is 5.02 Å². The Morgan fingerprint density at radius 1 is 1.06 bits per heavy atom. The molecular formula is C25H15ClF4N4O. The minimum absolute atomic E-state index is 0.283. The summed E-state index contributed by atoms with van der Waals surface area (Å²) in [5, 5.41) is 3.51. The molecule has 0 aliphatic carbocycles. The van der Waals surface area contributed by atoms with Crippen molar-refractivity contribution in [1.29, 1.82) is 0 Å². The molecule has 2 aromatic heterocycles. The molecule has 0 radical (unpaired) electrons. The Kier molecular flexibility index (Phi) is 5.44. The van der Waals surface area contributed by atoms with Crippen molar-refractivity contribution in [2.45, 2.75) is 13.1 Å². The number of rotatable bonds is 3. The number of aromatic amines is 1. The van der Waals surface area contributed by atoms with Crippen LogP contribution in [0.5, 0.6) is 0 Å². The second-order valence-corrected chi connectivity index (χ2v) is 8.38. The van der Waals surface area contributed by atoms with Crippen LogP contribution in [0.15, 0.2) is 61.1 Å².